The third-order valence-corrected chi connectivity index (χ3v) is 8.28. The van der Waals surface area contributed by atoms with Gasteiger partial charge in [0.05, 0.1) is 29.7 Å². The van der Waals surface area contributed by atoms with Crippen molar-refractivity contribution in [2.75, 3.05) is 11.5 Å². The predicted molar refractivity (Wildman–Crippen MR) is 128 cm³/mol. The Labute approximate surface area is 198 Å². The largest absolute Gasteiger partial charge is 0.462 e. The van der Waals surface area contributed by atoms with E-state index in [1.165, 1.54) is 4.90 Å². The van der Waals surface area contributed by atoms with Gasteiger partial charge in [0.15, 0.2) is 0 Å². The van der Waals surface area contributed by atoms with Crippen LogP contribution in [-0.4, -0.2) is 24.4 Å². The van der Waals surface area contributed by atoms with Crippen molar-refractivity contribution < 1.29 is 19.1 Å². The lowest BCUT2D eigenvalue weighted by Gasteiger charge is -2.57. The molecule has 4 aliphatic rings. The Kier molecular flexibility index (Phi) is 4.22. The maximum atomic E-state index is 14.0. The van der Waals surface area contributed by atoms with Gasteiger partial charge >= 0.3 is 5.97 Å². The third-order valence-electron chi connectivity index (χ3n) is 8.28. The average Bonchev–Trinajstić information content (AvgIpc) is 3.14. The van der Waals surface area contributed by atoms with Crippen LogP contribution in [0, 0.1) is 11.8 Å². The number of rotatable bonds is 3. The fraction of sp³-hybridized carbons (Fsp3) is 0.276. The van der Waals surface area contributed by atoms with Crippen molar-refractivity contribution >= 4 is 23.5 Å². The number of carbonyl (C=O) groups is 3. The summed E-state index contributed by atoms with van der Waals surface area (Å²) in [5.74, 6) is -1.79. The zero-order valence-corrected chi connectivity index (χ0v) is 19.4. The van der Waals surface area contributed by atoms with Crippen molar-refractivity contribution in [3.8, 4) is 0 Å². The lowest BCUT2D eigenvalue weighted by atomic mass is 9.42. The van der Waals surface area contributed by atoms with Crippen molar-refractivity contribution in [3.63, 3.8) is 0 Å². The van der Waals surface area contributed by atoms with Crippen LogP contribution in [0.4, 0.5) is 5.69 Å². The fourth-order valence-electron chi connectivity index (χ4n) is 6.79. The van der Waals surface area contributed by atoms with Gasteiger partial charge in [0.2, 0.25) is 11.8 Å². The van der Waals surface area contributed by atoms with Crippen LogP contribution in [0.3, 0.4) is 0 Å². The summed E-state index contributed by atoms with van der Waals surface area (Å²) in [5, 5.41) is 0. The van der Waals surface area contributed by atoms with Crippen LogP contribution in [0.1, 0.15) is 53.4 Å². The maximum Gasteiger partial charge on any atom is 0.338 e. The molecule has 170 valence electrons. The number of nitrogens with zero attached hydrogens (tertiary/aromatic N) is 1. The number of anilines is 1. The Morgan fingerprint density at radius 3 is 1.56 bits per heavy atom. The number of ether oxygens (including phenoxy) is 1. The van der Waals surface area contributed by atoms with Gasteiger partial charge in [-0.25, -0.2) is 9.69 Å². The molecule has 3 aromatic rings. The highest BCUT2D eigenvalue weighted by molar-refractivity contribution is 6.24. The van der Waals surface area contributed by atoms with E-state index in [0.717, 1.165) is 22.3 Å². The number of hydrogen-bond acceptors (Lipinski definition) is 4. The second-order valence-corrected chi connectivity index (χ2v) is 9.73. The van der Waals surface area contributed by atoms with Crippen LogP contribution in [-0.2, 0) is 25.2 Å². The SMILES string of the molecule is CCOC(=O)c1ccc(N2C(=O)C3C(C2=O)C2(C)c4ccccc4C3(C)c3ccccc32)cc1. The Bertz CT molecular complexity index is 1250. The molecule has 1 saturated heterocycles. The van der Waals surface area contributed by atoms with Crippen molar-refractivity contribution in [1.29, 1.82) is 0 Å². The summed E-state index contributed by atoms with van der Waals surface area (Å²) < 4.78 is 5.06. The van der Waals surface area contributed by atoms with E-state index in [4.69, 9.17) is 4.74 Å². The van der Waals surface area contributed by atoms with E-state index >= 15 is 0 Å². The molecular weight excluding hydrogens is 426 g/mol. The van der Waals surface area contributed by atoms with Gasteiger partial charge in [0.1, 0.15) is 0 Å². The molecule has 0 saturated carbocycles. The van der Waals surface area contributed by atoms with Crippen molar-refractivity contribution in [3.05, 3.63) is 101 Å². The van der Waals surface area contributed by atoms with Gasteiger partial charge in [0, 0.05) is 10.8 Å². The van der Waals surface area contributed by atoms with Crippen LogP contribution < -0.4 is 4.90 Å². The lowest BCUT2D eigenvalue weighted by Crippen LogP contribution is -2.59. The average molecular weight is 452 g/mol. The maximum absolute atomic E-state index is 14.0. The summed E-state index contributed by atoms with van der Waals surface area (Å²) >= 11 is 0. The van der Waals surface area contributed by atoms with Crippen LogP contribution in [0.25, 0.3) is 0 Å². The van der Waals surface area contributed by atoms with Gasteiger partial charge < -0.3 is 4.74 Å². The molecule has 2 atom stereocenters. The number of imide groups is 1. The molecule has 0 aromatic heterocycles. The normalized spacial score (nSPS) is 28.4. The fourth-order valence-corrected chi connectivity index (χ4v) is 6.79. The van der Waals surface area contributed by atoms with E-state index in [1.807, 2.05) is 24.3 Å². The number of hydrogen-bond donors (Lipinski definition) is 0. The van der Waals surface area contributed by atoms with Crippen LogP contribution >= 0.6 is 0 Å². The standard InChI is InChI=1S/C29H25NO4/c1-4-34-27(33)17-13-15-18(16-14-17)30-25(31)23-24(26(30)32)29(3)21-11-7-5-9-19(21)28(23,2)20-10-6-8-12-22(20)29/h5-16,23-24H,4H2,1-3H3. The molecule has 1 heterocycles. The molecule has 2 bridgehead atoms. The minimum Gasteiger partial charge on any atom is -0.462 e. The van der Waals surface area contributed by atoms with Gasteiger partial charge in [-0.1, -0.05) is 62.4 Å². The highest BCUT2D eigenvalue weighted by atomic mass is 16.5. The minimum atomic E-state index is -0.609. The summed E-state index contributed by atoms with van der Waals surface area (Å²) in [6, 6.07) is 23.0. The summed E-state index contributed by atoms with van der Waals surface area (Å²) in [6.45, 7) is 6.26. The van der Waals surface area contributed by atoms with Crippen LogP contribution in [0.2, 0.25) is 0 Å². The molecule has 2 amide bonds. The van der Waals surface area contributed by atoms with Gasteiger partial charge in [-0.2, -0.15) is 0 Å². The number of esters is 1. The summed E-state index contributed by atoms with van der Waals surface area (Å²) in [5.41, 5.74) is 4.15. The second-order valence-electron chi connectivity index (χ2n) is 9.73. The van der Waals surface area contributed by atoms with Gasteiger partial charge in [-0.05, 0) is 53.4 Å². The molecule has 0 radical (unpaired) electrons. The summed E-state index contributed by atoms with van der Waals surface area (Å²) in [6.07, 6.45) is 0. The molecule has 3 aromatic carbocycles. The van der Waals surface area contributed by atoms with Crippen molar-refractivity contribution in [1.82, 2.24) is 0 Å². The summed E-state index contributed by atoms with van der Waals surface area (Å²) in [7, 11) is 0. The second kappa shape index (κ2) is 6.89. The molecule has 5 heteroatoms. The first-order valence-corrected chi connectivity index (χ1v) is 11.7. The van der Waals surface area contributed by atoms with E-state index in [9.17, 15) is 14.4 Å². The highest BCUT2D eigenvalue weighted by Crippen LogP contribution is 2.66. The Hall–Kier alpha value is -3.73. The van der Waals surface area contributed by atoms with E-state index < -0.39 is 28.6 Å². The Balaban J connectivity index is 1.52. The number of carbonyl (C=O) groups excluding carboxylic acids is 3. The molecule has 2 unspecified atom stereocenters. The molecular formula is C29H25NO4. The molecule has 3 aliphatic carbocycles. The summed E-state index contributed by atoms with van der Waals surface area (Å²) in [4.78, 5) is 41.5. The molecule has 7 rings (SSSR count). The zero-order chi connectivity index (χ0) is 23.8. The minimum absolute atomic E-state index is 0.184. The monoisotopic (exact) mass is 451 g/mol. The lowest BCUT2D eigenvalue weighted by molar-refractivity contribution is -0.124. The molecule has 1 fully saturated rings. The molecule has 5 nitrogen and oxygen atoms in total. The van der Waals surface area contributed by atoms with Crippen LogP contribution in [0.15, 0.2) is 72.8 Å². The van der Waals surface area contributed by atoms with Crippen molar-refractivity contribution in [2.45, 2.75) is 31.6 Å². The first-order chi connectivity index (χ1) is 16.3. The Morgan fingerprint density at radius 2 is 1.18 bits per heavy atom. The van der Waals surface area contributed by atoms with Crippen molar-refractivity contribution in [2.24, 2.45) is 11.8 Å². The predicted octanol–water partition coefficient (Wildman–Crippen LogP) is 4.61. The molecule has 34 heavy (non-hydrogen) atoms. The molecule has 1 aliphatic heterocycles. The molecule has 0 N–H and O–H groups in total. The first-order valence-electron chi connectivity index (χ1n) is 11.7. The van der Waals surface area contributed by atoms with E-state index in [0.29, 0.717) is 11.3 Å². The third kappa shape index (κ3) is 2.32. The van der Waals surface area contributed by atoms with Crippen LogP contribution in [0.5, 0.6) is 0 Å². The number of amides is 2. The first kappa shape index (κ1) is 20.8. The topological polar surface area (TPSA) is 63.7 Å². The van der Waals surface area contributed by atoms with E-state index in [2.05, 4.69) is 38.1 Å². The van der Waals surface area contributed by atoms with Gasteiger partial charge in [0.25, 0.3) is 0 Å². The number of benzene rings is 3. The van der Waals surface area contributed by atoms with E-state index in [1.54, 1.807) is 31.2 Å². The van der Waals surface area contributed by atoms with E-state index in [-0.39, 0.29) is 18.4 Å². The highest BCUT2D eigenvalue weighted by Gasteiger charge is 2.70. The quantitative estimate of drug-likeness (QED) is 0.431. The molecule has 0 spiro atoms. The van der Waals surface area contributed by atoms with Gasteiger partial charge in [-0.15, -0.1) is 0 Å². The zero-order valence-electron chi connectivity index (χ0n) is 19.4. The Morgan fingerprint density at radius 1 is 0.765 bits per heavy atom. The van der Waals surface area contributed by atoms with Gasteiger partial charge in [-0.3, -0.25) is 9.59 Å². The smallest absolute Gasteiger partial charge is 0.338 e.